The number of nitrogens with one attached hydrogen (secondary N) is 1. The first-order chi connectivity index (χ1) is 17.3. The van der Waals surface area contributed by atoms with Crippen molar-refractivity contribution in [1.82, 2.24) is 4.98 Å². The number of hydrogen-bond donors (Lipinski definition) is 1. The Morgan fingerprint density at radius 3 is 2.14 bits per heavy atom. The number of para-hydroxylation sites is 2. The Balaban J connectivity index is 1.38. The molecule has 1 N–H and O–H groups in total. The van der Waals surface area contributed by atoms with Gasteiger partial charge in [-0.1, -0.05) is 91.0 Å². The van der Waals surface area contributed by atoms with E-state index in [1.807, 2.05) is 60.7 Å². The summed E-state index contributed by atoms with van der Waals surface area (Å²) in [6.45, 7) is 0. The zero-order chi connectivity index (χ0) is 23.5. The molecule has 0 amide bonds. The molecule has 0 aliphatic rings. The highest BCUT2D eigenvalue weighted by Gasteiger charge is 2.12. The molecule has 0 atom stereocenters. The first-order valence-electron chi connectivity index (χ1n) is 11.3. The van der Waals surface area contributed by atoms with Crippen LogP contribution in [0.4, 0.5) is 5.69 Å². The number of thiazole rings is 1. The summed E-state index contributed by atoms with van der Waals surface area (Å²) in [5, 5.41) is 8.52. The first kappa shape index (κ1) is 21.1. The summed E-state index contributed by atoms with van der Waals surface area (Å²) in [6.07, 6.45) is 0. The van der Waals surface area contributed by atoms with Gasteiger partial charge in [-0.15, -0.1) is 16.4 Å². The molecule has 0 bridgehead atoms. The van der Waals surface area contributed by atoms with Crippen LogP contribution in [0, 0.1) is 0 Å². The quantitative estimate of drug-likeness (QED) is 0.261. The summed E-state index contributed by atoms with van der Waals surface area (Å²) >= 11 is 1.58. The van der Waals surface area contributed by atoms with Crippen molar-refractivity contribution in [2.24, 2.45) is 5.10 Å². The number of benzene rings is 4. The number of rotatable bonds is 5. The van der Waals surface area contributed by atoms with Crippen molar-refractivity contribution in [3.63, 3.8) is 0 Å². The molecule has 2 heterocycles. The highest BCUT2D eigenvalue weighted by molar-refractivity contribution is 7.13. The van der Waals surface area contributed by atoms with Crippen molar-refractivity contribution >= 4 is 28.0 Å². The molecular weight excluding hydrogens is 450 g/mol. The van der Waals surface area contributed by atoms with Crippen LogP contribution in [0.1, 0.15) is 0 Å². The molecule has 2 aromatic heterocycles. The minimum Gasteiger partial charge on any atom is -0.436 e. The highest BCUT2D eigenvalue weighted by atomic mass is 32.1. The Labute approximate surface area is 206 Å². The number of hydrogen-bond acceptors (Lipinski definition) is 5. The largest absolute Gasteiger partial charge is 0.436 e. The van der Waals surface area contributed by atoms with E-state index in [0.29, 0.717) is 5.55 Å². The lowest BCUT2D eigenvalue weighted by molar-refractivity contribution is 0.543. The van der Waals surface area contributed by atoms with Gasteiger partial charge in [0.05, 0.1) is 16.9 Å². The van der Waals surface area contributed by atoms with Crippen LogP contribution >= 0.6 is 11.3 Å². The standard InChI is InChI=1S/C30H21N3OS/c1-3-9-21(10-4-1)22-15-17-23(18-16-22)27-20-35-30(31-27)26-19-24-11-7-8-14-28(24)34-29(26)33-32-25-12-5-2-6-13-25/h1-20,32H/b33-29-. The van der Waals surface area contributed by atoms with Gasteiger partial charge in [0.15, 0.2) is 0 Å². The van der Waals surface area contributed by atoms with Gasteiger partial charge < -0.3 is 4.42 Å². The third kappa shape index (κ3) is 4.50. The summed E-state index contributed by atoms with van der Waals surface area (Å²) in [5.74, 6) is 0. The number of anilines is 1. The van der Waals surface area contributed by atoms with Crippen LogP contribution in [0.3, 0.4) is 0 Å². The Bertz CT molecular complexity index is 1650. The van der Waals surface area contributed by atoms with E-state index in [2.05, 4.69) is 70.5 Å². The van der Waals surface area contributed by atoms with Gasteiger partial charge >= 0.3 is 0 Å². The first-order valence-corrected chi connectivity index (χ1v) is 12.2. The predicted molar refractivity (Wildman–Crippen MR) is 144 cm³/mol. The van der Waals surface area contributed by atoms with Gasteiger partial charge in [-0.05, 0) is 35.4 Å². The summed E-state index contributed by atoms with van der Waals surface area (Å²) < 4.78 is 6.19. The zero-order valence-corrected chi connectivity index (χ0v) is 19.6. The average molecular weight is 472 g/mol. The monoisotopic (exact) mass is 471 g/mol. The van der Waals surface area contributed by atoms with Crippen LogP contribution in [0.2, 0.25) is 0 Å². The lowest BCUT2D eigenvalue weighted by Crippen LogP contribution is -2.09. The molecule has 0 saturated heterocycles. The van der Waals surface area contributed by atoms with Crippen LogP contribution < -0.4 is 11.0 Å². The highest BCUT2D eigenvalue weighted by Crippen LogP contribution is 2.30. The smallest absolute Gasteiger partial charge is 0.246 e. The van der Waals surface area contributed by atoms with Crippen LogP contribution in [-0.2, 0) is 0 Å². The molecular formula is C30H21N3OS. The number of aromatic nitrogens is 1. The topological polar surface area (TPSA) is 50.4 Å². The molecule has 0 radical (unpaired) electrons. The molecule has 0 aliphatic heterocycles. The summed E-state index contributed by atoms with van der Waals surface area (Å²) in [7, 11) is 0. The van der Waals surface area contributed by atoms with E-state index in [9.17, 15) is 0 Å². The van der Waals surface area contributed by atoms with Gasteiger partial charge in [0.1, 0.15) is 10.6 Å². The molecule has 0 unspecified atom stereocenters. The van der Waals surface area contributed by atoms with Crippen LogP contribution in [0.25, 0.3) is 43.9 Å². The third-order valence-corrected chi connectivity index (χ3v) is 6.61. The fraction of sp³-hybridized carbons (Fsp3) is 0. The van der Waals surface area contributed by atoms with E-state index in [4.69, 9.17) is 9.40 Å². The minimum absolute atomic E-state index is 0.493. The number of nitrogens with zero attached hydrogens (tertiary/aromatic N) is 2. The Morgan fingerprint density at radius 2 is 1.34 bits per heavy atom. The Kier molecular flexibility index (Phi) is 5.67. The molecule has 4 nitrogen and oxygen atoms in total. The van der Waals surface area contributed by atoms with Crippen molar-refractivity contribution in [3.05, 3.63) is 126 Å². The third-order valence-electron chi connectivity index (χ3n) is 5.74. The van der Waals surface area contributed by atoms with Crippen molar-refractivity contribution in [1.29, 1.82) is 0 Å². The molecule has 0 saturated carbocycles. The van der Waals surface area contributed by atoms with Gasteiger partial charge in [0.2, 0.25) is 5.55 Å². The maximum atomic E-state index is 6.19. The average Bonchev–Trinajstić information content (AvgIpc) is 3.43. The maximum Gasteiger partial charge on any atom is 0.246 e. The molecule has 6 rings (SSSR count). The second-order valence-electron chi connectivity index (χ2n) is 8.07. The summed E-state index contributed by atoms with van der Waals surface area (Å²) in [5.41, 5.74) is 10.5. The molecule has 0 aliphatic carbocycles. The molecule has 5 heteroatoms. The fourth-order valence-corrected chi connectivity index (χ4v) is 4.76. The lowest BCUT2D eigenvalue weighted by atomic mass is 10.0. The van der Waals surface area contributed by atoms with E-state index in [1.165, 1.54) is 11.1 Å². The van der Waals surface area contributed by atoms with Gasteiger partial charge in [-0.3, -0.25) is 5.43 Å². The van der Waals surface area contributed by atoms with Crippen molar-refractivity contribution in [2.75, 3.05) is 5.43 Å². The SMILES string of the molecule is c1ccc(N/N=c2\oc3ccccc3cc2-c2nc(-c3ccc(-c4ccccc4)cc3)cs2)cc1. The van der Waals surface area contributed by atoms with Crippen LogP contribution in [0.15, 0.2) is 130 Å². The van der Waals surface area contributed by atoms with E-state index >= 15 is 0 Å². The predicted octanol–water partition coefficient (Wildman–Crippen LogP) is 7.82. The minimum atomic E-state index is 0.493. The molecule has 4 aromatic carbocycles. The van der Waals surface area contributed by atoms with Crippen molar-refractivity contribution < 1.29 is 4.42 Å². The van der Waals surface area contributed by atoms with Gasteiger partial charge in [-0.25, -0.2) is 4.98 Å². The second kappa shape index (κ2) is 9.41. The van der Waals surface area contributed by atoms with E-state index in [1.54, 1.807) is 11.3 Å². The van der Waals surface area contributed by atoms with E-state index in [-0.39, 0.29) is 0 Å². The van der Waals surface area contributed by atoms with Gasteiger partial charge in [0.25, 0.3) is 0 Å². The van der Waals surface area contributed by atoms with Crippen molar-refractivity contribution in [3.8, 4) is 33.0 Å². The van der Waals surface area contributed by atoms with E-state index < -0.39 is 0 Å². The fourth-order valence-electron chi connectivity index (χ4n) is 3.93. The second-order valence-corrected chi connectivity index (χ2v) is 8.93. The molecule has 6 aromatic rings. The molecule has 35 heavy (non-hydrogen) atoms. The summed E-state index contributed by atoms with van der Waals surface area (Å²) in [4.78, 5) is 4.95. The summed E-state index contributed by atoms with van der Waals surface area (Å²) in [6, 6.07) is 38.8. The lowest BCUT2D eigenvalue weighted by Gasteiger charge is -2.04. The van der Waals surface area contributed by atoms with E-state index in [0.717, 1.165) is 38.5 Å². The molecule has 0 fully saturated rings. The Morgan fingerprint density at radius 1 is 0.686 bits per heavy atom. The normalized spacial score (nSPS) is 11.6. The van der Waals surface area contributed by atoms with Crippen LogP contribution in [-0.4, -0.2) is 4.98 Å². The van der Waals surface area contributed by atoms with Gasteiger partial charge in [0, 0.05) is 16.3 Å². The Hall–Kier alpha value is -4.48. The molecule has 0 spiro atoms. The zero-order valence-electron chi connectivity index (χ0n) is 18.8. The number of fused-ring (bicyclic) bond motifs is 1. The van der Waals surface area contributed by atoms with Crippen LogP contribution in [0.5, 0.6) is 0 Å². The van der Waals surface area contributed by atoms with Gasteiger partial charge in [-0.2, -0.15) is 0 Å². The van der Waals surface area contributed by atoms with Crippen molar-refractivity contribution in [2.45, 2.75) is 0 Å². The maximum absolute atomic E-state index is 6.19. The molecule has 168 valence electrons.